The largest absolute Gasteiger partial charge is 0.493 e. The van der Waals surface area contributed by atoms with Gasteiger partial charge in [-0.15, -0.1) is 0 Å². The second-order valence-electron chi connectivity index (χ2n) is 7.39. The van der Waals surface area contributed by atoms with Gasteiger partial charge in [0, 0.05) is 37.8 Å². The number of methoxy groups -OCH3 is 2. The van der Waals surface area contributed by atoms with Gasteiger partial charge in [-0.2, -0.15) is 0 Å². The van der Waals surface area contributed by atoms with Gasteiger partial charge in [-0.25, -0.2) is 4.39 Å². The maximum atomic E-state index is 12.9. The van der Waals surface area contributed by atoms with Gasteiger partial charge in [-0.05, 0) is 29.8 Å². The molecular formula is C23H26FN3O5. The molecule has 32 heavy (non-hydrogen) atoms. The summed E-state index contributed by atoms with van der Waals surface area (Å²) in [6.07, 6.45) is 0.239. The quantitative estimate of drug-likeness (QED) is 0.575. The van der Waals surface area contributed by atoms with Crippen molar-refractivity contribution in [1.82, 2.24) is 10.6 Å². The van der Waals surface area contributed by atoms with Crippen molar-refractivity contribution in [3.8, 4) is 11.5 Å². The highest BCUT2D eigenvalue weighted by Crippen LogP contribution is 2.34. The van der Waals surface area contributed by atoms with Gasteiger partial charge in [0.25, 0.3) is 0 Å². The lowest BCUT2D eigenvalue weighted by Gasteiger charge is -2.18. The number of nitrogens with zero attached hydrogens (tertiary/aromatic N) is 1. The third-order valence-electron chi connectivity index (χ3n) is 5.20. The zero-order valence-corrected chi connectivity index (χ0v) is 18.0. The number of nitrogens with one attached hydrogen (secondary N) is 2. The van der Waals surface area contributed by atoms with Crippen LogP contribution in [0.15, 0.2) is 42.5 Å². The summed E-state index contributed by atoms with van der Waals surface area (Å²) in [6.45, 7) is 0.762. The van der Waals surface area contributed by atoms with Crippen LogP contribution in [0.2, 0.25) is 0 Å². The predicted octanol–water partition coefficient (Wildman–Crippen LogP) is 1.67. The highest BCUT2D eigenvalue weighted by molar-refractivity contribution is 6.00. The van der Waals surface area contributed by atoms with E-state index >= 15 is 0 Å². The van der Waals surface area contributed by atoms with Crippen LogP contribution in [-0.4, -0.2) is 51.6 Å². The summed E-state index contributed by atoms with van der Waals surface area (Å²) in [4.78, 5) is 38.4. The second-order valence-corrected chi connectivity index (χ2v) is 7.39. The van der Waals surface area contributed by atoms with E-state index in [-0.39, 0.29) is 56.0 Å². The van der Waals surface area contributed by atoms with Crippen LogP contribution < -0.4 is 25.0 Å². The van der Waals surface area contributed by atoms with Crippen LogP contribution in [0.25, 0.3) is 0 Å². The van der Waals surface area contributed by atoms with Gasteiger partial charge in [-0.3, -0.25) is 14.4 Å². The SMILES string of the molecule is COc1ccc(N2CC(C(=O)NCCNC(=O)Cc3ccc(F)cc3)CC2=O)cc1OC. The highest BCUT2D eigenvalue weighted by atomic mass is 19.1. The molecule has 1 heterocycles. The van der Waals surface area contributed by atoms with Crippen molar-refractivity contribution in [2.75, 3.05) is 38.8 Å². The van der Waals surface area contributed by atoms with Crippen LogP contribution in [-0.2, 0) is 20.8 Å². The molecule has 0 spiro atoms. The summed E-state index contributed by atoms with van der Waals surface area (Å²) in [5.74, 6) is -0.390. The summed E-state index contributed by atoms with van der Waals surface area (Å²) >= 11 is 0. The molecule has 0 bridgehead atoms. The molecule has 0 aromatic heterocycles. The number of carbonyl (C=O) groups excluding carboxylic acids is 3. The first kappa shape index (κ1) is 23.1. The third-order valence-corrected chi connectivity index (χ3v) is 5.20. The maximum absolute atomic E-state index is 12.9. The smallest absolute Gasteiger partial charge is 0.227 e. The van der Waals surface area contributed by atoms with Gasteiger partial charge in [0.1, 0.15) is 5.82 Å². The van der Waals surface area contributed by atoms with E-state index in [1.54, 1.807) is 35.2 Å². The van der Waals surface area contributed by atoms with Gasteiger partial charge >= 0.3 is 0 Å². The molecule has 0 saturated carbocycles. The van der Waals surface area contributed by atoms with Crippen molar-refractivity contribution in [2.24, 2.45) is 5.92 Å². The molecule has 3 rings (SSSR count). The molecule has 170 valence electrons. The monoisotopic (exact) mass is 443 g/mol. The fourth-order valence-electron chi connectivity index (χ4n) is 3.51. The molecule has 1 aliphatic heterocycles. The molecule has 1 atom stereocenters. The third kappa shape index (κ3) is 5.75. The summed E-state index contributed by atoms with van der Waals surface area (Å²) in [5.41, 5.74) is 1.34. The molecule has 2 N–H and O–H groups in total. The van der Waals surface area contributed by atoms with Crippen LogP contribution in [0.3, 0.4) is 0 Å². The summed E-state index contributed by atoms with van der Waals surface area (Å²) in [6, 6.07) is 10.9. The Morgan fingerprint density at radius 3 is 2.41 bits per heavy atom. The van der Waals surface area contributed by atoms with E-state index in [1.165, 1.54) is 26.4 Å². The summed E-state index contributed by atoms with van der Waals surface area (Å²) in [5, 5.41) is 5.47. The summed E-state index contributed by atoms with van der Waals surface area (Å²) < 4.78 is 23.4. The molecule has 1 unspecified atom stereocenters. The van der Waals surface area contributed by atoms with Gasteiger partial charge in [0.05, 0.1) is 26.6 Å². The molecular weight excluding hydrogens is 417 g/mol. The Balaban J connectivity index is 1.44. The van der Waals surface area contributed by atoms with Crippen molar-refractivity contribution < 1.29 is 28.2 Å². The minimum atomic E-state index is -0.481. The van der Waals surface area contributed by atoms with E-state index in [9.17, 15) is 18.8 Å². The average molecular weight is 443 g/mol. The number of rotatable bonds is 9. The van der Waals surface area contributed by atoms with Crippen molar-refractivity contribution in [3.63, 3.8) is 0 Å². The number of halogens is 1. The number of amides is 3. The number of ether oxygens (including phenoxy) is 2. The Kier molecular flexibility index (Phi) is 7.64. The van der Waals surface area contributed by atoms with E-state index in [1.807, 2.05) is 0 Å². The fourth-order valence-corrected chi connectivity index (χ4v) is 3.51. The van der Waals surface area contributed by atoms with Crippen LogP contribution in [0, 0.1) is 11.7 Å². The molecule has 8 nitrogen and oxygen atoms in total. The maximum Gasteiger partial charge on any atom is 0.227 e. The lowest BCUT2D eigenvalue weighted by atomic mass is 10.1. The van der Waals surface area contributed by atoms with E-state index in [0.717, 1.165) is 0 Å². The van der Waals surface area contributed by atoms with E-state index in [4.69, 9.17) is 9.47 Å². The Morgan fingerprint density at radius 2 is 1.72 bits per heavy atom. The Morgan fingerprint density at radius 1 is 1.03 bits per heavy atom. The predicted molar refractivity (Wildman–Crippen MR) is 116 cm³/mol. The number of carbonyl (C=O) groups is 3. The van der Waals surface area contributed by atoms with Gasteiger partial charge < -0.3 is 25.0 Å². The highest BCUT2D eigenvalue weighted by Gasteiger charge is 2.35. The molecule has 1 aliphatic rings. The molecule has 0 radical (unpaired) electrons. The minimum Gasteiger partial charge on any atom is -0.493 e. The molecule has 1 fully saturated rings. The molecule has 2 aromatic rings. The number of hydrogen-bond donors (Lipinski definition) is 2. The van der Waals surface area contributed by atoms with Crippen molar-refractivity contribution >= 4 is 23.4 Å². The minimum absolute atomic E-state index is 0.108. The number of anilines is 1. The second kappa shape index (κ2) is 10.6. The van der Waals surface area contributed by atoms with Gasteiger partial charge in [-0.1, -0.05) is 12.1 Å². The Bertz CT molecular complexity index is 980. The van der Waals surface area contributed by atoms with E-state index in [0.29, 0.717) is 22.7 Å². The lowest BCUT2D eigenvalue weighted by Crippen LogP contribution is -2.38. The zero-order valence-electron chi connectivity index (χ0n) is 18.0. The molecule has 2 aromatic carbocycles. The first-order valence-corrected chi connectivity index (χ1v) is 10.2. The van der Waals surface area contributed by atoms with Crippen LogP contribution in [0.4, 0.5) is 10.1 Å². The normalized spacial score (nSPS) is 15.4. The number of benzene rings is 2. The van der Waals surface area contributed by atoms with Crippen molar-refractivity contribution in [3.05, 3.63) is 53.8 Å². The van der Waals surface area contributed by atoms with Crippen molar-refractivity contribution in [2.45, 2.75) is 12.8 Å². The molecule has 3 amide bonds. The molecule has 1 saturated heterocycles. The van der Waals surface area contributed by atoms with Crippen molar-refractivity contribution in [1.29, 1.82) is 0 Å². The summed E-state index contributed by atoms with van der Waals surface area (Å²) in [7, 11) is 3.05. The van der Waals surface area contributed by atoms with Crippen LogP contribution >= 0.6 is 0 Å². The van der Waals surface area contributed by atoms with Gasteiger partial charge in [0.15, 0.2) is 11.5 Å². The van der Waals surface area contributed by atoms with Gasteiger partial charge in [0.2, 0.25) is 17.7 Å². The van der Waals surface area contributed by atoms with Crippen LogP contribution in [0.1, 0.15) is 12.0 Å². The first-order chi connectivity index (χ1) is 15.4. The molecule has 0 aliphatic carbocycles. The number of hydrogen-bond acceptors (Lipinski definition) is 5. The topological polar surface area (TPSA) is 97.0 Å². The van der Waals surface area contributed by atoms with E-state index < -0.39 is 5.92 Å². The standard InChI is InChI=1S/C23H26FN3O5/c1-31-19-8-7-18(13-20(19)32-2)27-14-16(12-22(27)29)23(30)26-10-9-25-21(28)11-15-3-5-17(24)6-4-15/h3-8,13,16H,9-12,14H2,1-2H3,(H,25,28)(H,26,30). The Labute approximate surface area is 185 Å². The lowest BCUT2D eigenvalue weighted by molar-refractivity contribution is -0.126. The fraction of sp³-hybridized carbons (Fsp3) is 0.348. The van der Waals surface area contributed by atoms with E-state index in [2.05, 4.69) is 10.6 Å². The zero-order chi connectivity index (χ0) is 23.1. The molecule has 9 heteroatoms. The van der Waals surface area contributed by atoms with Crippen LogP contribution in [0.5, 0.6) is 11.5 Å². The average Bonchev–Trinajstić information content (AvgIpc) is 3.19. The Hall–Kier alpha value is -3.62. The first-order valence-electron chi connectivity index (χ1n) is 10.2.